The van der Waals surface area contributed by atoms with Crippen molar-refractivity contribution in [3.63, 3.8) is 0 Å². The van der Waals surface area contributed by atoms with E-state index in [0.29, 0.717) is 17.9 Å². The van der Waals surface area contributed by atoms with E-state index in [1.54, 1.807) is 19.2 Å². The molecule has 0 atom stereocenters. The molecule has 0 spiro atoms. The second-order valence-electron chi connectivity index (χ2n) is 6.27. The number of likely N-dealkylation sites (N-methyl/N-ethyl adjacent to an activating group) is 1. The third-order valence-corrected chi connectivity index (χ3v) is 3.64. The van der Waals surface area contributed by atoms with Crippen LogP contribution in [0.15, 0.2) is 48.5 Å². The zero-order valence-electron chi connectivity index (χ0n) is 15.2. The standard InChI is InChI=1S/C20H23FN2O3/c1-14(2)26-13-15-4-6-16(7-5-15)20(25)23(3)12-19(24)22-18-10-8-17(21)9-11-18/h4-11,14H,12-13H2,1-3H3,(H,22,24). The number of hydrogen-bond donors (Lipinski definition) is 1. The second-order valence-corrected chi connectivity index (χ2v) is 6.27. The van der Waals surface area contributed by atoms with Gasteiger partial charge in [-0.25, -0.2) is 4.39 Å². The number of hydrogen-bond acceptors (Lipinski definition) is 3. The summed E-state index contributed by atoms with van der Waals surface area (Å²) in [6.07, 6.45) is 0.141. The summed E-state index contributed by atoms with van der Waals surface area (Å²) < 4.78 is 18.4. The maximum absolute atomic E-state index is 12.9. The van der Waals surface area contributed by atoms with Gasteiger partial charge in [0, 0.05) is 18.3 Å². The van der Waals surface area contributed by atoms with E-state index in [2.05, 4.69) is 5.32 Å². The highest BCUT2D eigenvalue weighted by atomic mass is 19.1. The summed E-state index contributed by atoms with van der Waals surface area (Å²) in [5, 5.41) is 2.63. The summed E-state index contributed by atoms with van der Waals surface area (Å²) in [4.78, 5) is 25.8. The fourth-order valence-corrected chi connectivity index (χ4v) is 2.25. The Morgan fingerprint density at radius 1 is 1.08 bits per heavy atom. The number of anilines is 1. The van der Waals surface area contributed by atoms with Gasteiger partial charge >= 0.3 is 0 Å². The van der Waals surface area contributed by atoms with Gasteiger partial charge in [0.25, 0.3) is 5.91 Å². The van der Waals surface area contributed by atoms with Crippen molar-refractivity contribution in [2.24, 2.45) is 0 Å². The Labute approximate surface area is 152 Å². The maximum Gasteiger partial charge on any atom is 0.254 e. The fraction of sp³-hybridized carbons (Fsp3) is 0.300. The first-order chi connectivity index (χ1) is 12.3. The van der Waals surface area contributed by atoms with Crippen molar-refractivity contribution in [1.29, 1.82) is 0 Å². The van der Waals surface area contributed by atoms with Gasteiger partial charge in [-0.05, 0) is 55.8 Å². The minimum absolute atomic E-state index is 0.103. The van der Waals surface area contributed by atoms with Crippen molar-refractivity contribution in [1.82, 2.24) is 4.90 Å². The van der Waals surface area contributed by atoms with Crippen molar-refractivity contribution in [3.8, 4) is 0 Å². The number of rotatable bonds is 7. The number of halogens is 1. The van der Waals surface area contributed by atoms with Crippen LogP contribution in [0.2, 0.25) is 0 Å². The Kier molecular flexibility index (Phi) is 6.86. The fourth-order valence-electron chi connectivity index (χ4n) is 2.25. The molecule has 6 heteroatoms. The number of nitrogens with one attached hydrogen (secondary N) is 1. The van der Waals surface area contributed by atoms with Gasteiger partial charge in [0.2, 0.25) is 5.91 Å². The molecular formula is C20H23FN2O3. The average Bonchev–Trinajstić information content (AvgIpc) is 2.61. The van der Waals surface area contributed by atoms with Crippen molar-refractivity contribution in [2.45, 2.75) is 26.6 Å². The van der Waals surface area contributed by atoms with E-state index in [1.165, 1.54) is 29.2 Å². The second kappa shape index (κ2) is 9.10. The Hall–Kier alpha value is -2.73. The molecule has 2 aromatic carbocycles. The third kappa shape index (κ3) is 5.97. The van der Waals surface area contributed by atoms with E-state index < -0.39 is 0 Å². The van der Waals surface area contributed by atoms with Crippen LogP contribution in [0.25, 0.3) is 0 Å². The molecule has 5 nitrogen and oxygen atoms in total. The number of ether oxygens (including phenoxy) is 1. The molecule has 138 valence electrons. The van der Waals surface area contributed by atoms with Crippen LogP contribution in [-0.2, 0) is 16.1 Å². The minimum atomic E-state index is -0.377. The molecule has 0 saturated carbocycles. The highest BCUT2D eigenvalue weighted by Crippen LogP contribution is 2.10. The van der Waals surface area contributed by atoms with Crippen LogP contribution >= 0.6 is 0 Å². The van der Waals surface area contributed by atoms with Crippen molar-refractivity contribution in [2.75, 3.05) is 18.9 Å². The summed E-state index contributed by atoms with van der Waals surface area (Å²) in [6.45, 7) is 4.31. The van der Waals surface area contributed by atoms with Crippen LogP contribution in [-0.4, -0.2) is 36.4 Å². The van der Waals surface area contributed by atoms with Crippen molar-refractivity contribution in [3.05, 3.63) is 65.5 Å². The first kappa shape index (κ1) is 19.6. The van der Waals surface area contributed by atoms with Gasteiger partial charge in [0.1, 0.15) is 5.82 Å². The molecule has 0 aliphatic rings. The molecule has 26 heavy (non-hydrogen) atoms. The van der Waals surface area contributed by atoms with Gasteiger partial charge < -0.3 is 15.0 Å². The van der Waals surface area contributed by atoms with E-state index in [0.717, 1.165) is 5.56 Å². The number of carbonyl (C=O) groups is 2. The Bertz CT molecular complexity index is 743. The van der Waals surface area contributed by atoms with Gasteiger partial charge in [-0.15, -0.1) is 0 Å². The van der Waals surface area contributed by atoms with Crippen LogP contribution in [0, 0.1) is 5.82 Å². The molecule has 0 unspecified atom stereocenters. The highest BCUT2D eigenvalue weighted by Gasteiger charge is 2.15. The van der Waals surface area contributed by atoms with Gasteiger partial charge in [0.05, 0.1) is 19.3 Å². The summed E-state index contributed by atoms with van der Waals surface area (Å²) in [6, 6.07) is 12.6. The zero-order chi connectivity index (χ0) is 19.1. The van der Waals surface area contributed by atoms with E-state index in [4.69, 9.17) is 4.74 Å². The third-order valence-electron chi connectivity index (χ3n) is 3.64. The highest BCUT2D eigenvalue weighted by molar-refractivity contribution is 5.99. The minimum Gasteiger partial charge on any atom is -0.374 e. The van der Waals surface area contributed by atoms with Gasteiger partial charge in [-0.1, -0.05) is 12.1 Å². The first-order valence-corrected chi connectivity index (χ1v) is 8.36. The van der Waals surface area contributed by atoms with E-state index in [9.17, 15) is 14.0 Å². The molecule has 0 saturated heterocycles. The maximum atomic E-state index is 12.9. The van der Waals surface area contributed by atoms with E-state index in [1.807, 2.05) is 26.0 Å². The summed E-state index contributed by atoms with van der Waals surface area (Å²) >= 11 is 0. The average molecular weight is 358 g/mol. The van der Waals surface area contributed by atoms with Crippen molar-refractivity contribution >= 4 is 17.5 Å². The van der Waals surface area contributed by atoms with Crippen molar-refractivity contribution < 1.29 is 18.7 Å². The molecule has 0 bridgehead atoms. The van der Waals surface area contributed by atoms with E-state index >= 15 is 0 Å². The topological polar surface area (TPSA) is 58.6 Å². The molecule has 2 aromatic rings. The van der Waals surface area contributed by atoms with Crippen LogP contribution < -0.4 is 5.32 Å². The van der Waals surface area contributed by atoms with Gasteiger partial charge in [0.15, 0.2) is 0 Å². The molecule has 0 fully saturated rings. The largest absolute Gasteiger partial charge is 0.374 e. The van der Waals surface area contributed by atoms with Gasteiger partial charge in [-0.2, -0.15) is 0 Å². The molecular weight excluding hydrogens is 335 g/mol. The Balaban J connectivity index is 1.89. The number of nitrogens with zero attached hydrogens (tertiary/aromatic N) is 1. The molecule has 0 aromatic heterocycles. The predicted molar refractivity (Wildman–Crippen MR) is 98.4 cm³/mol. The normalized spacial score (nSPS) is 10.7. The first-order valence-electron chi connectivity index (χ1n) is 8.36. The number of benzene rings is 2. The quantitative estimate of drug-likeness (QED) is 0.825. The van der Waals surface area contributed by atoms with Crippen LogP contribution in [0.1, 0.15) is 29.8 Å². The monoisotopic (exact) mass is 358 g/mol. The van der Waals surface area contributed by atoms with Gasteiger partial charge in [-0.3, -0.25) is 9.59 Å². The molecule has 0 radical (unpaired) electrons. The lowest BCUT2D eigenvalue weighted by Crippen LogP contribution is -2.34. The Morgan fingerprint density at radius 3 is 2.27 bits per heavy atom. The van der Waals surface area contributed by atoms with Crippen LogP contribution in [0.5, 0.6) is 0 Å². The summed E-state index contributed by atoms with van der Waals surface area (Å²) in [5.74, 6) is -0.984. The Morgan fingerprint density at radius 2 is 1.69 bits per heavy atom. The molecule has 2 rings (SSSR count). The molecule has 0 heterocycles. The summed E-state index contributed by atoms with van der Waals surface area (Å²) in [7, 11) is 1.56. The smallest absolute Gasteiger partial charge is 0.254 e. The summed E-state index contributed by atoms with van der Waals surface area (Å²) in [5.41, 5.74) is 1.95. The molecule has 1 N–H and O–H groups in total. The lowest BCUT2D eigenvalue weighted by Gasteiger charge is -2.17. The van der Waals surface area contributed by atoms with Crippen LogP contribution in [0.4, 0.5) is 10.1 Å². The number of amides is 2. The molecule has 2 amide bonds. The lowest BCUT2D eigenvalue weighted by molar-refractivity contribution is -0.116. The SMILES string of the molecule is CC(C)OCc1ccc(C(=O)N(C)CC(=O)Nc2ccc(F)cc2)cc1. The molecule has 0 aliphatic heterocycles. The van der Waals surface area contributed by atoms with Crippen LogP contribution in [0.3, 0.4) is 0 Å². The zero-order valence-corrected chi connectivity index (χ0v) is 15.2. The number of carbonyl (C=O) groups excluding carboxylic acids is 2. The predicted octanol–water partition coefficient (Wildman–Crippen LogP) is 3.46. The molecule has 0 aliphatic carbocycles. The van der Waals surface area contributed by atoms with E-state index in [-0.39, 0.29) is 30.3 Å². The lowest BCUT2D eigenvalue weighted by atomic mass is 10.1.